The Hall–Kier alpha value is -0.360. The van der Waals surface area contributed by atoms with Gasteiger partial charge in [0.25, 0.3) is 0 Å². The third kappa shape index (κ3) is 20.0. The topological polar surface area (TPSA) is 85.6 Å². The van der Waals surface area contributed by atoms with Crippen LogP contribution in [0.25, 0.3) is 4.13 Å². The third-order valence-electron chi connectivity index (χ3n) is 2.40. The van der Waals surface area contributed by atoms with Crippen molar-refractivity contribution in [3.8, 4) is 0 Å². The molecular formula is C9H23F2N3O4S2. The lowest BCUT2D eigenvalue weighted by Crippen LogP contribution is -2.40. The van der Waals surface area contributed by atoms with Crippen LogP contribution in [-0.2, 0) is 20.8 Å². The van der Waals surface area contributed by atoms with E-state index in [1.54, 1.807) is 0 Å². The molecule has 0 bridgehead atoms. The number of hydrogen-bond acceptors (Lipinski definition) is 5. The first-order valence-corrected chi connectivity index (χ1v) is 8.47. The standard InChI is InChI=1S/C9H23N2.F2NO4S2/c1-6-11(4,5)9-7-8-10(2)3;1-8(4,5)3-9(2,6)7/h6-9H2,1-5H3;/q+1;-1. The van der Waals surface area contributed by atoms with Gasteiger partial charge in [-0.15, -0.1) is 7.77 Å². The fourth-order valence-electron chi connectivity index (χ4n) is 1.08. The molecule has 0 unspecified atom stereocenters. The second-order valence-corrected chi connectivity index (χ2v) is 7.28. The highest BCUT2D eigenvalue weighted by atomic mass is 32.3. The van der Waals surface area contributed by atoms with Crippen LogP contribution < -0.4 is 0 Å². The van der Waals surface area contributed by atoms with Gasteiger partial charge in [-0.25, -0.2) is 16.8 Å². The number of rotatable bonds is 7. The Balaban J connectivity index is 0. The summed E-state index contributed by atoms with van der Waals surface area (Å²) < 4.78 is 61.2. The molecular weight excluding hydrogens is 316 g/mol. The van der Waals surface area contributed by atoms with Crippen LogP contribution >= 0.6 is 0 Å². The van der Waals surface area contributed by atoms with Crippen LogP contribution in [0.15, 0.2) is 0 Å². The summed E-state index contributed by atoms with van der Waals surface area (Å²) in [5.41, 5.74) is 0. The Morgan fingerprint density at radius 2 is 1.45 bits per heavy atom. The summed E-state index contributed by atoms with van der Waals surface area (Å²) in [6, 6.07) is 0. The Bertz CT molecular complexity index is 434. The van der Waals surface area contributed by atoms with Gasteiger partial charge in [-0.2, -0.15) is 0 Å². The van der Waals surface area contributed by atoms with E-state index in [-0.39, 0.29) is 0 Å². The van der Waals surface area contributed by atoms with E-state index in [4.69, 9.17) is 0 Å². The normalized spacial score (nSPS) is 13.0. The number of quaternary nitrogens is 1. The first kappa shape index (κ1) is 21.9. The van der Waals surface area contributed by atoms with E-state index in [1.165, 1.54) is 26.1 Å². The van der Waals surface area contributed by atoms with Crippen molar-refractivity contribution in [2.24, 2.45) is 0 Å². The molecule has 0 saturated heterocycles. The molecule has 0 aromatic rings. The van der Waals surface area contributed by atoms with Gasteiger partial charge in [0.05, 0.1) is 27.2 Å². The molecule has 7 nitrogen and oxygen atoms in total. The fraction of sp³-hybridized carbons (Fsp3) is 1.00. The minimum atomic E-state index is -5.62. The van der Waals surface area contributed by atoms with Crippen molar-refractivity contribution in [3.63, 3.8) is 0 Å². The van der Waals surface area contributed by atoms with E-state index in [0.717, 1.165) is 8.61 Å². The molecule has 0 aliphatic heterocycles. The van der Waals surface area contributed by atoms with Crippen LogP contribution in [0.5, 0.6) is 0 Å². The first-order valence-electron chi connectivity index (χ1n) is 5.79. The smallest absolute Gasteiger partial charge is 0.241 e. The summed E-state index contributed by atoms with van der Waals surface area (Å²) in [6.45, 7) is 5.97. The van der Waals surface area contributed by atoms with Gasteiger partial charge < -0.3 is 13.5 Å². The molecule has 0 aromatic carbocycles. The van der Waals surface area contributed by atoms with Crippen molar-refractivity contribution in [1.82, 2.24) is 4.90 Å². The molecule has 0 fully saturated rings. The van der Waals surface area contributed by atoms with Gasteiger partial charge in [0.2, 0.25) is 20.8 Å². The highest BCUT2D eigenvalue weighted by Crippen LogP contribution is 2.11. The summed E-state index contributed by atoms with van der Waals surface area (Å²) >= 11 is 0. The lowest BCUT2D eigenvalue weighted by Gasteiger charge is -2.28. The van der Waals surface area contributed by atoms with Crippen molar-refractivity contribution >= 4 is 20.8 Å². The Labute approximate surface area is 120 Å². The minimum Gasteiger partial charge on any atom is -0.379 e. The van der Waals surface area contributed by atoms with Gasteiger partial charge in [-0.05, 0) is 21.0 Å². The summed E-state index contributed by atoms with van der Waals surface area (Å²) in [5.74, 6) is 0. The average Bonchev–Trinajstić information content (AvgIpc) is 2.11. The van der Waals surface area contributed by atoms with Crippen LogP contribution in [0.3, 0.4) is 0 Å². The van der Waals surface area contributed by atoms with E-state index in [2.05, 4.69) is 40.0 Å². The lowest BCUT2D eigenvalue weighted by atomic mass is 10.3. The predicted octanol–water partition coefficient (Wildman–Crippen LogP) is 0.823. The van der Waals surface area contributed by atoms with Gasteiger partial charge >= 0.3 is 0 Å². The van der Waals surface area contributed by atoms with E-state index in [1.807, 2.05) is 0 Å². The molecule has 124 valence electrons. The van der Waals surface area contributed by atoms with Crippen molar-refractivity contribution in [1.29, 1.82) is 0 Å². The third-order valence-corrected chi connectivity index (χ3v) is 3.83. The van der Waals surface area contributed by atoms with Crippen LogP contribution in [-0.4, -0.2) is 74.0 Å². The molecule has 0 amide bonds. The van der Waals surface area contributed by atoms with Gasteiger partial charge in [0.1, 0.15) is 0 Å². The molecule has 0 heterocycles. The molecule has 0 spiro atoms. The SMILES string of the molecule is CC[N+](C)(C)CCCN(C)C.O=S(=O)(F)[N-]S(=O)(=O)F. The molecule has 0 saturated carbocycles. The Morgan fingerprint density at radius 3 is 1.65 bits per heavy atom. The van der Waals surface area contributed by atoms with Crippen molar-refractivity contribution in [3.05, 3.63) is 4.13 Å². The maximum Gasteiger partial charge on any atom is 0.241 e. The average molecular weight is 339 g/mol. The quantitative estimate of drug-likeness (QED) is 0.506. The van der Waals surface area contributed by atoms with Gasteiger partial charge in [-0.1, -0.05) is 0 Å². The van der Waals surface area contributed by atoms with Gasteiger partial charge in [0.15, 0.2) is 0 Å². The maximum atomic E-state index is 11.1. The fourth-order valence-corrected chi connectivity index (χ4v) is 1.93. The molecule has 0 radical (unpaired) electrons. The van der Waals surface area contributed by atoms with Crippen LogP contribution in [0.1, 0.15) is 13.3 Å². The molecule has 0 aliphatic carbocycles. The molecule has 0 aromatic heterocycles. The second kappa shape index (κ2) is 8.82. The highest BCUT2D eigenvalue weighted by Gasteiger charge is 2.10. The van der Waals surface area contributed by atoms with E-state index in [9.17, 15) is 24.6 Å². The zero-order valence-corrected chi connectivity index (χ0v) is 14.0. The second-order valence-electron chi connectivity index (χ2n) is 5.03. The van der Waals surface area contributed by atoms with Crippen LogP contribution in [0, 0.1) is 0 Å². The number of nitrogens with zero attached hydrogens (tertiary/aromatic N) is 3. The summed E-state index contributed by atoms with van der Waals surface area (Å²) in [6.07, 6.45) is 1.30. The zero-order chi connectivity index (χ0) is 16.6. The molecule has 0 N–H and O–H groups in total. The van der Waals surface area contributed by atoms with E-state index >= 15 is 0 Å². The van der Waals surface area contributed by atoms with Gasteiger partial charge in [-0.3, -0.25) is 0 Å². The largest absolute Gasteiger partial charge is 0.379 e. The highest BCUT2D eigenvalue weighted by molar-refractivity contribution is 8.07. The first-order chi connectivity index (χ1) is 8.68. The summed E-state index contributed by atoms with van der Waals surface area (Å²) in [7, 11) is -2.40. The van der Waals surface area contributed by atoms with Crippen molar-refractivity contribution in [2.75, 3.05) is 47.8 Å². The Morgan fingerprint density at radius 1 is 1.05 bits per heavy atom. The number of hydrogen-bond donors (Lipinski definition) is 0. The van der Waals surface area contributed by atoms with E-state index in [0.29, 0.717) is 0 Å². The molecule has 0 rings (SSSR count). The summed E-state index contributed by atoms with van der Waals surface area (Å²) in [5, 5.41) is 0. The van der Waals surface area contributed by atoms with Crippen molar-refractivity contribution in [2.45, 2.75) is 13.3 Å². The maximum absolute atomic E-state index is 11.1. The Kier molecular flexibility index (Phi) is 9.67. The predicted molar refractivity (Wildman–Crippen MR) is 74.1 cm³/mol. The molecule has 0 atom stereocenters. The zero-order valence-electron chi connectivity index (χ0n) is 12.4. The molecule has 0 aliphatic rings. The molecule has 11 heteroatoms. The van der Waals surface area contributed by atoms with Crippen LogP contribution in [0.4, 0.5) is 7.77 Å². The lowest BCUT2D eigenvalue weighted by molar-refractivity contribution is -0.888. The van der Waals surface area contributed by atoms with Gasteiger partial charge in [0, 0.05) is 13.0 Å². The van der Waals surface area contributed by atoms with Crippen LogP contribution in [0.2, 0.25) is 0 Å². The monoisotopic (exact) mass is 339 g/mol. The van der Waals surface area contributed by atoms with Crippen molar-refractivity contribution < 1.29 is 29.1 Å². The van der Waals surface area contributed by atoms with E-state index < -0.39 is 20.8 Å². The molecule has 20 heavy (non-hydrogen) atoms. The summed E-state index contributed by atoms with van der Waals surface area (Å²) in [4.78, 5) is 2.25. The number of halogens is 2. The minimum absolute atomic E-state index is 1.15.